The number of rotatable bonds is 6. The van der Waals surface area contributed by atoms with Gasteiger partial charge in [-0.3, -0.25) is 19.5 Å². The highest BCUT2D eigenvalue weighted by atomic mass is 35.5. The third kappa shape index (κ3) is 4.05. The van der Waals surface area contributed by atoms with Crippen molar-refractivity contribution in [2.75, 3.05) is 26.2 Å². The Morgan fingerprint density at radius 3 is 2.29 bits per heavy atom. The molecule has 2 aromatic carbocycles. The van der Waals surface area contributed by atoms with Crippen molar-refractivity contribution in [2.24, 2.45) is 0 Å². The number of para-hydroxylation sites is 2. The molecule has 2 heterocycles. The first-order chi connectivity index (χ1) is 16.8. The summed E-state index contributed by atoms with van der Waals surface area (Å²) >= 11 is 12.7. The quantitative estimate of drug-likeness (QED) is 0.279. The maximum Gasteiger partial charge on any atom is 0.300 e. The van der Waals surface area contributed by atoms with E-state index < -0.39 is 23.5 Å². The van der Waals surface area contributed by atoms with Crippen LogP contribution in [0.15, 0.2) is 60.3 Å². The van der Waals surface area contributed by atoms with Crippen molar-refractivity contribution in [2.45, 2.75) is 6.04 Å². The lowest BCUT2D eigenvalue weighted by Crippen LogP contribution is -2.30. The van der Waals surface area contributed by atoms with Crippen LogP contribution in [0.25, 0.3) is 5.76 Å². The fourth-order valence-electron chi connectivity index (χ4n) is 4.02. The first-order valence-corrected chi connectivity index (χ1v) is 11.1. The average molecular weight is 515 g/mol. The zero-order valence-electron chi connectivity index (χ0n) is 18.9. The van der Waals surface area contributed by atoms with Gasteiger partial charge in [0, 0.05) is 6.20 Å². The van der Waals surface area contributed by atoms with E-state index in [-0.39, 0.29) is 32.7 Å². The number of hydrogen-bond donors (Lipinski definition) is 1. The number of ketones is 1. The molecule has 1 aliphatic rings. The lowest BCUT2D eigenvalue weighted by molar-refractivity contribution is -0.132. The molecular weight excluding hydrogens is 495 g/mol. The molecule has 1 N–H and O–H groups in total. The van der Waals surface area contributed by atoms with Crippen molar-refractivity contribution >= 4 is 46.3 Å². The van der Waals surface area contributed by atoms with Gasteiger partial charge in [0.25, 0.3) is 11.7 Å². The highest BCUT2D eigenvalue weighted by molar-refractivity contribution is 6.52. The number of Topliss-reactive ketones (excluding diaryl/α,β-unsaturated/α-hetero) is 1. The van der Waals surface area contributed by atoms with Crippen LogP contribution in [0.5, 0.6) is 17.2 Å². The molecule has 0 bridgehead atoms. The molecule has 1 unspecified atom stereocenters. The van der Waals surface area contributed by atoms with Gasteiger partial charge in [0.1, 0.15) is 22.6 Å². The van der Waals surface area contributed by atoms with Gasteiger partial charge in [0.2, 0.25) is 0 Å². The molecule has 10 heteroatoms. The summed E-state index contributed by atoms with van der Waals surface area (Å²) in [5.41, 5.74) is 0.492. The molecule has 3 aromatic rings. The largest absolute Gasteiger partial charge is 0.507 e. The Hall–Kier alpha value is -3.75. The van der Waals surface area contributed by atoms with E-state index in [1.54, 1.807) is 42.5 Å². The maximum absolute atomic E-state index is 13.4. The number of aliphatic hydroxyl groups is 1. The molecular formula is C25H20Cl2N2O6. The number of carbonyl (C=O) groups excluding carboxylic acids is 2. The fourth-order valence-corrected chi connectivity index (χ4v) is 4.71. The predicted molar refractivity (Wildman–Crippen MR) is 132 cm³/mol. The molecule has 1 atom stereocenters. The maximum atomic E-state index is 13.4. The molecule has 0 aliphatic carbocycles. The van der Waals surface area contributed by atoms with Crippen LogP contribution in [0.4, 0.5) is 5.69 Å². The van der Waals surface area contributed by atoms with Gasteiger partial charge in [-0.05, 0) is 30.3 Å². The van der Waals surface area contributed by atoms with Gasteiger partial charge in [0.15, 0.2) is 11.5 Å². The average Bonchev–Trinajstić information content (AvgIpc) is 3.14. The van der Waals surface area contributed by atoms with E-state index in [0.717, 1.165) is 0 Å². The Balaban J connectivity index is 2.03. The van der Waals surface area contributed by atoms with Crippen molar-refractivity contribution in [1.29, 1.82) is 0 Å². The molecule has 0 radical (unpaired) electrons. The summed E-state index contributed by atoms with van der Waals surface area (Å²) in [6.45, 7) is 0. The number of anilines is 1. The highest BCUT2D eigenvalue weighted by Gasteiger charge is 2.48. The van der Waals surface area contributed by atoms with Crippen molar-refractivity contribution < 1.29 is 28.9 Å². The summed E-state index contributed by atoms with van der Waals surface area (Å²) in [7, 11) is 4.18. The van der Waals surface area contributed by atoms with Gasteiger partial charge >= 0.3 is 0 Å². The molecule has 35 heavy (non-hydrogen) atoms. The second kappa shape index (κ2) is 9.85. The summed E-state index contributed by atoms with van der Waals surface area (Å²) < 4.78 is 16.0. The molecule has 1 aromatic heterocycles. The molecule has 1 aliphatic heterocycles. The Bertz CT molecular complexity index is 1340. The van der Waals surface area contributed by atoms with Gasteiger partial charge in [-0.15, -0.1) is 0 Å². The Morgan fingerprint density at radius 1 is 0.971 bits per heavy atom. The molecule has 4 rings (SSSR count). The summed E-state index contributed by atoms with van der Waals surface area (Å²) in [6, 6.07) is 12.1. The Morgan fingerprint density at radius 2 is 1.66 bits per heavy atom. The molecule has 8 nitrogen and oxygen atoms in total. The predicted octanol–water partition coefficient (Wildman–Crippen LogP) is 5.04. The number of aromatic nitrogens is 1. The fraction of sp³-hybridized carbons (Fsp3) is 0.160. The van der Waals surface area contributed by atoms with Crippen molar-refractivity contribution in [3.05, 3.63) is 81.6 Å². The van der Waals surface area contributed by atoms with Crippen LogP contribution in [0.1, 0.15) is 17.3 Å². The molecule has 0 spiro atoms. The van der Waals surface area contributed by atoms with Crippen LogP contribution < -0.4 is 19.1 Å². The summed E-state index contributed by atoms with van der Waals surface area (Å²) in [4.78, 5) is 32.3. The van der Waals surface area contributed by atoms with Crippen LogP contribution in [0.2, 0.25) is 10.0 Å². The van der Waals surface area contributed by atoms with E-state index in [1.807, 2.05) is 0 Å². The van der Waals surface area contributed by atoms with Crippen LogP contribution >= 0.6 is 23.2 Å². The smallest absolute Gasteiger partial charge is 0.300 e. The summed E-state index contributed by atoms with van der Waals surface area (Å²) in [5, 5.41) is 11.5. The molecule has 1 fully saturated rings. The SMILES string of the molecule is COc1ccccc1N1C(=O)C(=O)/C(=C(/O)c2cc(Cl)c(OC)c(Cl)c2OC)C1c1ccccn1. The topological polar surface area (TPSA) is 98.2 Å². The van der Waals surface area contributed by atoms with Crippen LogP contribution in [0.3, 0.4) is 0 Å². The van der Waals surface area contributed by atoms with Gasteiger partial charge in [-0.2, -0.15) is 0 Å². The molecule has 1 amide bonds. The zero-order valence-corrected chi connectivity index (χ0v) is 20.4. The first kappa shape index (κ1) is 24.4. The highest BCUT2D eigenvalue weighted by Crippen LogP contribution is 2.48. The number of aliphatic hydroxyl groups excluding tert-OH is 1. The second-order valence-electron chi connectivity index (χ2n) is 7.38. The number of nitrogens with zero attached hydrogens (tertiary/aromatic N) is 2. The number of methoxy groups -OCH3 is 3. The third-order valence-corrected chi connectivity index (χ3v) is 6.18. The van der Waals surface area contributed by atoms with E-state index in [1.165, 1.54) is 38.5 Å². The summed E-state index contributed by atoms with van der Waals surface area (Å²) in [6.07, 6.45) is 1.53. The lowest BCUT2D eigenvalue weighted by Gasteiger charge is -2.26. The number of halogens is 2. The van der Waals surface area contributed by atoms with Crippen molar-refractivity contribution in [3.8, 4) is 17.2 Å². The van der Waals surface area contributed by atoms with Gasteiger partial charge < -0.3 is 19.3 Å². The van der Waals surface area contributed by atoms with Gasteiger partial charge in [-0.1, -0.05) is 41.4 Å². The van der Waals surface area contributed by atoms with Gasteiger partial charge in [-0.25, -0.2) is 0 Å². The van der Waals surface area contributed by atoms with Crippen molar-refractivity contribution in [3.63, 3.8) is 0 Å². The second-order valence-corrected chi connectivity index (χ2v) is 8.17. The van der Waals surface area contributed by atoms with Gasteiger partial charge in [0.05, 0.1) is 48.9 Å². The standard InChI is InChI=1S/C25H20Cl2N2O6/c1-33-17-10-5-4-9-16(17)29-20(15-8-6-7-11-28-15)18(22(31)25(29)32)21(30)13-12-14(26)24(35-3)19(27)23(13)34-2/h4-12,20,30H,1-3H3/b21-18+. The Kier molecular flexibility index (Phi) is 6.86. The van der Waals surface area contributed by atoms with Crippen LogP contribution in [-0.2, 0) is 9.59 Å². The number of carbonyl (C=O) groups is 2. The monoisotopic (exact) mass is 514 g/mol. The third-order valence-electron chi connectivity index (χ3n) is 5.55. The minimum Gasteiger partial charge on any atom is -0.507 e. The molecule has 1 saturated heterocycles. The van der Waals surface area contributed by atoms with Crippen molar-refractivity contribution in [1.82, 2.24) is 4.98 Å². The van der Waals surface area contributed by atoms with E-state index in [4.69, 9.17) is 37.4 Å². The van der Waals surface area contributed by atoms with E-state index in [9.17, 15) is 14.7 Å². The lowest BCUT2D eigenvalue weighted by atomic mass is 9.97. The summed E-state index contributed by atoms with van der Waals surface area (Å²) in [5.74, 6) is -1.79. The first-order valence-electron chi connectivity index (χ1n) is 10.3. The normalized spacial score (nSPS) is 16.9. The number of hydrogen-bond acceptors (Lipinski definition) is 7. The number of pyridine rings is 1. The number of amides is 1. The molecule has 180 valence electrons. The number of ether oxygens (including phenoxy) is 3. The minimum atomic E-state index is -1.07. The van der Waals surface area contributed by atoms with E-state index >= 15 is 0 Å². The Labute approximate surface area is 211 Å². The number of benzene rings is 2. The van der Waals surface area contributed by atoms with E-state index in [0.29, 0.717) is 17.1 Å². The zero-order chi connectivity index (χ0) is 25.3. The molecule has 0 saturated carbocycles. The minimum absolute atomic E-state index is 0.00241. The van der Waals surface area contributed by atoms with Crippen LogP contribution in [0, 0.1) is 0 Å². The van der Waals surface area contributed by atoms with E-state index in [2.05, 4.69) is 4.98 Å². The van der Waals surface area contributed by atoms with Crippen LogP contribution in [-0.4, -0.2) is 43.1 Å².